The summed E-state index contributed by atoms with van der Waals surface area (Å²) < 4.78 is 5.63. The first-order valence-electron chi connectivity index (χ1n) is 8.87. The molecule has 0 aliphatic heterocycles. The molecule has 0 aliphatic rings. The summed E-state index contributed by atoms with van der Waals surface area (Å²) in [5, 5.41) is 17.7. The summed E-state index contributed by atoms with van der Waals surface area (Å²) in [6.45, 7) is 1.80. The first kappa shape index (κ1) is 21.4. The van der Waals surface area contributed by atoms with Gasteiger partial charge in [-0.05, 0) is 37.1 Å². The zero-order valence-corrected chi connectivity index (χ0v) is 15.6. The van der Waals surface area contributed by atoms with Gasteiger partial charge in [-0.25, -0.2) is 4.79 Å². The monoisotopic (exact) mass is 368 g/mol. The minimum absolute atomic E-state index is 0.266. The SMILES string of the molecule is CCC(Oc1ccccc1SCCCCCCCCC(=O)O)C(=O)O. The largest absolute Gasteiger partial charge is 0.481 e. The first-order valence-corrected chi connectivity index (χ1v) is 9.86. The number of aliphatic carboxylic acids is 2. The lowest BCUT2D eigenvalue weighted by molar-refractivity contribution is -0.145. The van der Waals surface area contributed by atoms with Gasteiger partial charge in [-0.1, -0.05) is 44.7 Å². The second kappa shape index (κ2) is 12.6. The number of thioether (sulfide) groups is 1. The van der Waals surface area contributed by atoms with E-state index in [0.29, 0.717) is 12.2 Å². The highest BCUT2D eigenvalue weighted by molar-refractivity contribution is 7.99. The van der Waals surface area contributed by atoms with Crippen LogP contribution < -0.4 is 4.74 Å². The topological polar surface area (TPSA) is 83.8 Å². The van der Waals surface area contributed by atoms with Crippen LogP contribution in [0.4, 0.5) is 0 Å². The Morgan fingerprint density at radius 1 is 1.04 bits per heavy atom. The van der Waals surface area contributed by atoms with E-state index < -0.39 is 18.0 Å². The van der Waals surface area contributed by atoms with Gasteiger partial charge in [-0.15, -0.1) is 11.8 Å². The number of hydrogen-bond acceptors (Lipinski definition) is 4. The van der Waals surface area contributed by atoms with Crippen LogP contribution >= 0.6 is 11.8 Å². The summed E-state index contributed by atoms with van der Waals surface area (Å²) in [4.78, 5) is 22.5. The standard InChI is InChI=1S/C19H28O5S/c1-2-15(19(22)23)24-16-11-8-9-12-17(16)25-14-10-6-4-3-5-7-13-18(20)21/h8-9,11-12,15H,2-7,10,13-14H2,1H3,(H,20,21)(H,22,23). The zero-order chi connectivity index (χ0) is 18.5. The van der Waals surface area contributed by atoms with Gasteiger partial charge in [0.1, 0.15) is 5.75 Å². The van der Waals surface area contributed by atoms with Crippen molar-refractivity contribution in [3.8, 4) is 5.75 Å². The third-order valence-corrected chi connectivity index (χ3v) is 4.95. The van der Waals surface area contributed by atoms with Crippen molar-refractivity contribution in [1.29, 1.82) is 0 Å². The smallest absolute Gasteiger partial charge is 0.344 e. The van der Waals surface area contributed by atoms with Gasteiger partial charge >= 0.3 is 11.9 Å². The van der Waals surface area contributed by atoms with Gasteiger partial charge in [-0.3, -0.25) is 4.79 Å². The second-order valence-corrected chi connectivity index (χ2v) is 7.05. The van der Waals surface area contributed by atoms with E-state index in [-0.39, 0.29) is 6.42 Å². The van der Waals surface area contributed by atoms with Crippen molar-refractivity contribution in [1.82, 2.24) is 0 Å². The highest BCUT2D eigenvalue weighted by atomic mass is 32.2. The Balaban J connectivity index is 2.26. The van der Waals surface area contributed by atoms with Crippen molar-refractivity contribution in [2.24, 2.45) is 0 Å². The maximum atomic E-state index is 11.1. The third-order valence-electron chi connectivity index (χ3n) is 3.81. The van der Waals surface area contributed by atoms with E-state index in [9.17, 15) is 9.59 Å². The summed E-state index contributed by atoms with van der Waals surface area (Å²) in [5.74, 6) is -0.0644. The fourth-order valence-electron chi connectivity index (χ4n) is 2.40. The predicted molar refractivity (Wildman–Crippen MR) is 99.5 cm³/mol. The molecule has 2 N–H and O–H groups in total. The number of hydrogen-bond donors (Lipinski definition) is 2. The van der Waals surface area contributed by atoms with Gasteiger partial charge in [0, 0.05) is 11.3 Å². The average Bonchev–Trinajstić information content (AvgIpc) is 2.58. The quantitative estimate of drug-likeness (QED) is 0.361. The normalized spacial score (nSPS) is 11.9. The lowest BCUT2D eigenvalue weighted by atomic mass is 10.1. The Morgan fingerprint density at radius 2 is 1.68 bits per heavy atom. The number of rotatable bonds is 14. The van der Waals surface area contributed by atoms with Crippen LogP contribution in [0.2, 0.25) is 0 Å². The van der Waals surface area contributed by atoms with E-state index in [1.165, 1.54) is 0 Å². The predicted octanol–water partition coefficient (Wildman–Crippen LogP) is 4.84. The van der Waals surface area contributed by atoms with E-state index >= 15 is 0 Å². The molecule has 0 saturated heterocycles. The van der Waals surface area contributed by atoms with E-state index in [2.05, 4.69) is 0 Å². The van der Waals surface area contributed by atoms with E-state index in [1.54, 1.807) is 18.7 Å². The minimum Gasteiger partial charge on any atom is -0.481 e. The summed E-state index contributed by atoms with van der Waals surface area (Å²) in [7, 11) is 0. The molecule has 6 heteroatoms. The Morgan fingerprint density at radius 3 is 2.32 bits per heavy atom. The van der Waals surface area contributed by atoms with E-state index in [1.807, 2.05) is 24.3 Å². The molecule has 0 fully saturated rings. The zero-order valence-electron chi connectivity index (χ0n) is 14.8. The van der Waals surface area contributed by atoms with Crippen LogP contribution in [0.5, 0.6) is 5.75 Å². The van der Waals surface area contributed by atoms with Gasteiger partial charge in [0.25, 0.3) is 0 Å². The van der Waals surface area contributed by atoms with E-state index in [0.717, 1.165) is 49.2 Å². The average molecular weight is 368 g/mol. The van der Waals surface area contributed by atoms with Crippen molar-refractivity contribution < 1.29 is 24.5 Å². The number of carbonyl (C=O) groups is 2. The molecule has 0 amide bonds. The number of para-hydroxylation sites is 1. The molecule has 0 aliphatic carbocycles. The van der Waals surface area contributed by atoms with Gasteiger partial charge < -0.3 is 14.9 Å². The van der Waals surface area contributed by atoms with Crippen LogP contribution in [0.15, 0.2) is 29.2 Å². The summed E-state index contributed by atoms with van der Waals surface area (Å²) in [5.41, 5.74) is 0. The van der Waals surface area contributed by atoms with Crippen LogP contribution in [0.3, 0.4) is 0 Å². The summed E-state index contributed by atoms with van der Waals surface area (Å²) in [6, 6.07) is 7.56. The molecule has 140 valence electrons. The lowest BCUT2D eigenvalue weighted by Gasteiger charge is -2.16. The number of ether oxygens (including phenoxy) is 1. The highest BCUT2D eigenvalue weighted by Gasteiger charge is 2.18. The molecular formula is C19H28O5S. The molecule has 0 heterocycles. The molecule has 0 radical (unpaired) electrons. The summed E-state index contributed by atoms with van der Waals surface area (Å²) in [6.07, 6.45) is 6.01. The van der Waals surface area contributed by atoms with E-state index in [4.69, 9.17) is 14.9 Å². The van der Waals surface area contributed by atoms with Crippen molar-refractivity contribution in [2.75, 3.05) is 5.75 Å². The molecular weight excluding hydrogens is 340 g/mol. The maximum absolute atomic E-state index is 11.1. The molecule has 1 aromatic carbocycles. The second-order valence-electron chi connectivity index (χ2n) is 5.91. The molecule has 0 spiro atoms. The Bertz CT molecular complexity index is 532. The number of carboxylic acid groups (broad SMARTS) is 2. The van der Waals surface area contributed by atoms with Gasteiger partial charge in [0.2, 0.25) is 0 Å². The Labute approximate surface area is 153 Å². The lowest BCUT2D eigenvalue weighted by Crippen LogP contribution is -2.26. The Kier molecular flexibility index (Phi) is 10.8. The molecule has 1 aromatic rings. The van der Waals surface area contributed by atoms with Crippen LogP contribution in [-0.2, 0) is 9.59 Å². The molecule has 1 unspecified atom stereocenters. The van der Waals surface area contributed by atoms with Gasteiger partial charge in [-0.2, -0.15) is 0 Å². The maximum Gasteiger partial charge on any atom is 0.344 e. The number of carboxylic acids is 2. The minimum atomic E-state index is -0.940. The van der Waals surface area contributed by atoms with Crippen molar-refractivity contribution in [3.05, 3.63) is 24.3 Å². The van der Waals surface area contributed by atoms with Gasteiger partial charge in [0.05, 0.1) is 0 Å². The fourth-order valence-corrected chi connectivity index (χ4v) is 3.40. The van der Waals surface area contributed by atoms with Crippen molar-refractivity contribution >= 4 is 23.7 Å². The van der Waals surface area contributed by atoms with Gasteiger partial charge in [0.15, 0.2) is 6.10 Å². The third kappa shape index (κ3) is 9.39. The summed E-state index contributed by atoms with van der Waals surface area (Å²) >= 11 is 1.69. The molecule has 0 aromatic heterocycles. The molecule has 1 atom stereocenters. The molecule has 0 bridgehead atoms. The van der Waals surface area contributed by atoms with Crippen LogP contribution in [0.1, 0.15) is 58.3 Å². The number of unbranched alkanes of at least 4 members (excludes halogenated alkanes) is 5. The van der Waals surface area contributed by atoms with Crippen LogP contribution in [0.25, 0.3) is 0 Å². The number of benzene rings is 1. The Hall–Kier alpha value is -1.69. The van der Waals surface area contributed by atoms with Crippen LogP contribution in [-0.4, -0.2) is 34.0 Å². The molecule has 25 heavy (non-hydrogen) atoms. The van der Waals surface area contributed by atoms with Crippen LogP contribution in [0, 0.1) is 0 Å². The first-order chi connectivity index (χ1) is 12.0. The molecule has 1 rings (SSSR count). The van der Waals surface area contributed by atoms with Crippen molar-refractivity contribution in [2.45, 2.75) is 69.3 Å². The molecule has 0 saturated carbocycles. The molecule has 5 nitrogen and oxygen atoms in total. The highest BCUT2D eigenvalue weighted by Crippen LogP contribution is 2.31. The fraction of sp³-hybridized carbons (Fsp3) is 0.579. The van der Waals surface area contributed by atoms with Crippen molar-refractivity contribution in [3.63, 3.8) is 0 Å².